The molecule has 1 aromatic carbocycles. The topological polar surface area (TPSA) is 47.6 Å². The van der Waals surface area contributed by atoms with E-state index in [1.807, 2.05) is 30.3 Å². The third-order valence-corrected chi connectivity index (χ3v) is 2.32. The molecule has 1 amide bonds. The minimum atomic E-state index is -0.121. The first-order valence-corrected chi connectivity index (χ1v) is 5.01. The lowest BCUT2D eigenvalue weighted by Gasteiger charge is -2.21. The van der Waals surface area contributed by atoms with Crippen molar-refractivity contribution < 1.29 is 14.3 Å². The Morgan fingerprint density at radius 2 is 2.12 bits per heavy atom. The first-order valence-electron chi connectivity index (χ1n) is 5.01. The predicted octanol–water partition coefficient (Wildman–Crippen LogP) is 1.15. The highest BCUT2D eigenvalue weighted by atomic mass is 16.5. The maximum absolute atomic E-state index is 11.8. The van der Waals surface area contributed by atoms with Gasteiger partial charge in [-0.05, 0) is 5.56 Å². The third kappa shape index (κ3) is 2.06. The number of hydrogen-bond donors (Lipinski definition) is 1. The van der Waals surface area contributed by atoms with Gasteiger partial charge < -0.3 is 14.8 Å². The Morgan fingerprint density at radius 1 is 1.38 bits per heavy atom. The second-order valence-corrected chi connectivity index (χ2v) is 3.39. The molecule has 0 radical (unpaired) electrons. The van der Waals surface area contributed by atoms with Gasteiger partial charge in [-0.3, -0.25) is 4.79 Å². The number of carbonyl (C=O) groups excluding carboxylic acids is 1. The molecule has 0 saturated carbocycles. The van der Waals surface area contributed by atoms with Gasteiger partial charge in [0.2, 0.25) is 0 Å². The average Bonchev–Trinajstić information content (AvgIpc) is 2.31. The number of nitrogens with one attached hydrogen (secondary N) is 1. The number of amides is 1. The molecule has 84 valence electrons. The molecule has 0 aliphatic carbocycles. The van der Waals surface area contributed by atoms with Gasteiger partial charge in [-0.15, -0.1) is 0 Å². The minimum Gasteiger partial charge on any atom is -0.474 e. The number of carbonyl (C=O) groups is 1. The van der Waals surface area contributed by atoms with Crippen molar-refractivity contribution in [3.05, 3.63) is 41.7 Å². The van der Waals surface area contributed by atoms with E-state index >= 15 is 0 Å². The van der Waals surface area contributed by atoms with Crippen LogP contribution in [0.15, 0.2) is 36.1 Å². The molecule has 0 unspecified atom stereocenters. The van der Waals surface area contributed by atoms with Crippen LogP contribution in [-0.2, 0) is 14.3 Å². The molecule has 0 bridgehead atoms. The summed E-state index contributed by atoms with van der Waals surface area (Å²) in [4.78, 5) is 11.8. The summed E-state index contributed by atoms with van der Waals surface area (Å²) >= 11 is 0. The Bertz CT molecular complexity index is 412. The van der Waals surface area contributed by atoms with Crippen LogP contribution in [0.25, 0.3) is 5.57 Å². The second-order valence-electron chi connectivity index (χ2n) is 3.39. The van der Waals surface area contributed by atoms with Crippen LogP contribution in [-0.4, -0.2) is 26.4 Å². The molecular weight excluding hydrogens is 206 g/mol. The first-order chi connectivity index (χ1) is 7.83. The van der Waals surface area contributed by atoms with Gasteiger partial charge in [-0.25, -0.2) is 0 Å². The van der Waals surface area contributed by atoms with Crippen LogP contribution in [0.4, 0.5) is 0 Å². The van der Waals surface area contributed by atoms with Gasteiger partial charge in [0.05, 0.1) is 5.57 Å². The molecule has 4 nitrogen and oxygen atoms in total. The van der Waals surface area contributed by atoms with Crippen molar-refractivity contribution in [1.82, 2.24) is 5.32 Å². The van der Waals surface area contributed by atoms with Crippen LogP contribution in [0.1, 0.15) is 5.56 Å². The normalized spacial score (nSPS) is 15.7. The first kappa shape index (κ1) is 10.7. The van der Waals surface area contributed by atoms with Crippen LogP contribution in [0.3, 0.4) is 0 Å². The maximum atomic E-state index is 11.8. The van der Waals surface area contributed by atoms with Crippen molar-refractivity contribution in [2.24, 2.45) is 0 Å². The number of methoxy groups -OCH3 is 1. The highest BCUT2D eigenvalue weighted by molar-refractivity contribution is 6.20. The molecule has 1 aliphatic rings. The minimum absolute atomic E-state index is 0.121. The zero-order valence-electron chi connectivity index (χ0n) is 9.03. The summed E-state index contributed by atoms with van der Waals surface area (Å²) < 4.78 is 10.4. The van der Waals surface area contributed by atoms with Gasteiger partial charge in [0, 0.05) is 7.11 Å². The molecule has 1 aromatic rings. The lowest BCUT2D eigenvalue weighted by atomic mass is 10.0. The Hall–Kier alpha value is -1.81. The van der Waals surface area contributed by atoms with E-state index in [2.05, 4.69) is 5.32 Å². The van der Waals surface area contributed by atoms with Crippen molar-refractivity contribution in [3.63, 3.8) is 0 Å². The number of ether oxygens (including phenoxy) is 2. The van der Waals surface area contributed by atoms with E-state index < -0.39 is 0 Å². The lowest BCUT2D eigenvalue weighted by Crippen LogP contribution is -2.33. The summed E-state index contributed by atoms with van der Waals surface area (Å²) in [5, 5.41) is 2.64. The zero-order valence-corrected chi connectivity index (χ0v) is 9.03. The van der Waals surface area contributed by atoms with Crippen molar-refractivity contribution in [3.8, 4) is 0 Å². The van der Waals surface area contributed by atoms with E-state index in [4.69, 9.17) is 9.47 Å². The fourth-order valence-corrected chi connectivity index (χ4v) is 1.62. The molecular formula is C12H13NO3. The van der Waals surface area contributed by atoms with Gasteiger partial charge in [0.25, 0.3) is 5.91 Å². The summed E-state index contributed by atoms with van der Waals surface area (Å²) in [7, 11) is 1.57. The molecule has 0 atom stereocenters. The highest BCUT2D eigenvalue weighted by Gasteiger charge is 2.22. The Morgan fingerprint density at radius 3 is 2.81 bits per heavy atom. The third-order valence-electron chi connectivity index (χ3n) is 2.32. The van der Waals surface area contributed by atoms with Crippen LogP contribution >= 0.6 is 0 Å². The van der Waals surface area contributed by atoms with Gasteiger partial charge >= 0.3 is 0 Å². The number of rotatable bonds is 3. The predicted molar refractivity (Wildman–Crippen MR) is 59.3 cm³/mol. The molecule has 0 saturated heterocycles. The Labute approximate surface area is 93.9 Å². The van der Waals surface area contributed by atoms with Crippen LogP contribution in [0.2, 0.25) is 0 Å². The molecule has 16 heavy (non-hydrogen) atoms. The van der Waals surface area contributed by atoms with Gasteiger partial charge in [0.15, 0.2) is 6.73 Å². The largest absolute Gasteiger partial charge is 0.474 e. The van der Waals surface area contributed by atoms with Gasteiger partial charge in [-0.2, -0.15) is 0 Å². The molecule has 0 aromatic heterocycles. The fraction of sp³-hybridized carbons (Fsp3) is 0.250. The molecule has 0 spiro atoms. The van der Waals surface area contributed by atoms with E-state index in [9.17, 15) is 4.79 Å². The fourth-order valence-electron chi connectivity index (χ4n) is 1.62. The monoisotopic (exact) mass is 219 g/mol. The summed E-state index contributed by atoms with van der Waals surface area (Å²) in [5.74, 6) is 0.460. The lowest BCUT2D eigenvalue weighted by molar-refractivity contribution is -0.118. The molecule has 1 heterocycles. The van der Waals surface area contributed by atoms with Crippen LogP contribution in [0.5, 0.6) is 0 Å². The second kappa shape index (κ2) is 4.81. The molecule has 2 rings (SSSR count). The summed E-state index contributed by atoms with van der Waals surface area (Å²) in [6.45, 7) is 0.505. The van der Waals surface area contributed by atoms with Crippen LogP contribution in [0, 0.1) is 0 Å². The van der Waals surface area contributed by atoms with Crippen molar-refractivity contribution >= 4 is 11.5 Å². The standard InChI is InChI=1S/C12H13NO3/c1-15-7-10-11(12(14)13-8-16-10)9-5-3-2-4-6-9/h2-6H,7-8H2,1H3,(H,13,14). The molecule has 1 aliphatic heterocycles. The summed E-state index contributed by atoms with van der Waals surface area (Å²) in [6.07, 6.45) is 0. The molecule has 1 N–H and O–H groups in total. The number of hydrogen-bond acceptors (Lipinski definition) is 3. The summed E-state index contributed by atoms with van der Waals surface area (Å²) in [6, 6.07) is 9.42. The van der Waals surface area contributed by atoms with E-state index in [-0.39, 0.29) is 12.6 Å². The SMILES string of the molecule is COCC1=C(c2ccccc2)C(=O)NCO1. The molecule has 4 heteroatoms. The van der Waals surface area contributed by atoms with Crippen molar-refractivity contribution in [2.45, 2.75) is 0 Å². The Balaban J connectivity index is 2.43. The van der Waals surface area contributed by atoms with E-state index in [0.29, 0.717) is 17.9 Å². The van der Waals surface area contributed by atoms with Crippen molar-refractivity contribution in [2.75, 3.05) is 20.4 Å². The van der Waals surface area contributed by atoms with Gasteiger partial charge in [0.1, 0.15) is 12.4 Å². The van der Waals surface area contributed by atoms with E-state index in [1.165, 1.54) is 0 Å². The number of benzene rings is 1. The van der Waals surface area contributed by atoms with Crippen molar-refractivity contribution in [1.29, 1.82) is 0 Å². The van der Waals surface area contributed by atoms with E-state index in [0.717, 1.165) is 5.56 Å². The average molecular weight is 219 g/mol. The maximum Gasteiger partial charge on any atom is 0.257 e. The quantitative estimate of drug-likeness (QED) is 0.829. The smallest absolute Gasteiger partial charge is 0.257 e. The highest BCUT2D eigenvalue weighted by Crippen LogP contribution is 2.22. The van der Waals surface area contributed by atoms with Crippen LogP contribution < -0.4 is 5.32 Å². The Kier molecular flexibility index (Phi) is 3.22. The zero-order chi connectivity index (χ0) is 11.4. The summed E-state index contributed by atoms with van der Waals surface area (Å²) in [5.41, 5.74) is 1.39. The molecule has 0 fully saturated rings. The van der Waals surface area contributed by atoms with E-state index in [1.54, 1.807) is 7.11 Å². The van der Waals surface area contributed by atoms with Gasteiger partial charge in [-0.1, -0.05) is 30.3 Å².